The van der Waals surface area contributed by atoms with E-state index in [0.717, 1.165) is 5.56 Å². The molecule has 0 bridgehead atoms. The zero-order valence-corrected chi connectivity index (χ0v) is 10.4. The molecule has 0 radical (unpaired) electrons. The Labute approximate surface area is 110 Å². The molecule has 0 aliphatic carbocycles. The van der Waals surface area contributed by atoms with Crippen LogP contribution in [0.1, 0.15) is 0 Å². The van der Waals surface area contributed by atoms with Gasteiger partial charge in [0.1, 0.15) is 5.69 Å². The van der Waals surface area contributed by atoms with Crippen LogP contribution in [0.3, 0.4) is 0 Å². The zero-order valence-electron chi connectivity index (χ0n) is 10.4. The molecular weight excluding hydrogens is 240 g/mol. The van der Waals surface area contributed by atoms with Gasteiger partial charge in [-0.3, -0.25) is 0 Å². The maximum Gasteiger partial charge on any atom is 0.181 e. The molecule has 2 heterocycles. The number of nitrogens with zero attached hydrogens (tertiary/aromatic N) is 5. The van der Waals surface area contributed by atoms with E-state index in [2.05, 4.69) is 20.1 Å². The third-order valence-corrected chi connectivity index (χ3v) is 2.73. The monoisotopic (exact) mass is 252 g/mol. The Hall–Kier alpha value is -2.76. The molecule has 2 aromatic heterocycles. The van der Waals surface area contributed by atoms with E-state index in [1.807, 2.05) is 37.4 Å². The maximum atomic E-state index is 5.81. The molecule has 0 fully saturated rings. The summed E-state index contributed by atoms with van der Waals surface area (Å²) in [6.07, 6.45) is 3.13. The first-order valence-electron chi connectivity index (χ1n) is 5.79. The number of hydrogen-bond donors (Lipinski definition) is 1. The van der Waals surface area contributed by atoms with Crippen LogP contribution in [-0.4, -0.2) is 24.7 Å². The fourth-order valence-electron chi connectivity index (χ4n) is 1.82. The number of nitrogens with two attached hydrogens (primary N) is 1. The van der Waals surface area contributed by atoms with Crippen molar-refractivity contribution in [1.29, 1.82) is 0 Å². The number of aromatic nitrogens is 5. The average molecular weight is 252 g/mol. The highest BCUT2D eigenvalue weighted by atomic mass is 15.3. The molecule has 0 amide bonds. The summed E-state index contributed by atoms with van der Waals surface area (Å²) in [6.45, 7) is 0. The van der Waals surface area contributed by atoms with Crippen LogP contribution in [-0.2, 0) is 7.05 Å². The topological polar surface area (TPSA) is 82.5 Å². The average Bonchev–Trinajstić information content (AvgIpc) is 2.82. The van der Waals surface area contributed by atoms with Crippen molar-refractivity contribution in [2.75, 3.05) is 5.73 Å². The van der Waals surface area contributed by atoms with Gasteiger partial charge in [-0.15, -0.1) is 0 Å². The minimum atomic E-state index is 0.345. The fourth-order valence-corrected chi connectivity index (χ4v) is 1.82. The molecular formula is C13H12N6. The Morgan fingerprint density at radius 2 is 1.79 bits per heavy atom. The molecule has 6 nitrogen and oxygen atoms in total. The molecule has 0 unspecified atom stereocenters. The molecule has 1 aromatic carbocycles. The lowest BCUT2D eigenvalue weighted by Crippen LogP contribution is -2.01. The molecule has 0 spiro atoms. The number of aryl methyl sites for hydroxylation is 1. The smallest absolute Gasteiger partial charge is 0.181 e. The van der Waals surface area contributed by atoms with Crippen LogP contribution in [0.2, 0.25) is 0 Å². The summed E-state index contributed by atoms with van der Waals surface area (Å²) in [5.74, 6) is 1.59. The fraction of sp³-hybridized carbons (Fsp3) is 0.0769. The minimum absolute atomic E-state index is 0.345. The van der Waals surface area contributed by atoms with Crippen LogP contribution in [0.5, 0.6) is 0 Å². The van der Waals surface area contributed by atoms with Gasteiger partial charge in [-0.2, -0.15) is 5.10 Å². The molecule has 94 valence electrons. The number of benzene rings is 1. The lowest BCUT2D eigenvalue weighted by Gasteiger charge is -2.00. The molecule has 0 aliphatic rings. The first-order valence-corrected chi connectivity index (χ1v) is 5.79. The summed E-state index contributed by atoms with van der Waals surface area (Å²) in [5.41, 5.74) is 7.31. The summed E-state index contributed by atoms with van der Waals surface area (Å²) in [7, 11) is 1.81. The molecule has 0 saturated heterocycles. The quantitative estimate of drug-likeness (QED) is 0.747. The first kappa shape index (κ1) is 11.3. The highest BCUT2D eigenvalue weighted by molar-refractivity contribution is 5.66. The van der Waals surface area contributed by atoms with Crippen LogP contribution >= 0.6 is 0 Å². The van der Waals surface area contributed by atoms with E-state index in [9.17, 15) is 0 Å². The molecule has 3 rings (SSSR count). The molecule has 3 aromatic rings. The van der Waals surface area contributed by atoms with Crippen molar-refractivity contribution in [3.05, 3.63) is 42.7 Å². The Morgan fingerprint density at radius 3 is 2.53 bits per heavy atom. The number of hydrogen-bond acceptors (Lipinski definition) is 5. The predicted molar refractivity (Wildman–Crippen MR) is 71.9 cm³/mol. The lowest BCUT2D eigenvalue weighted by molar-refractivity contribution is 0.774. The SMILES string of the molecule is Cn1nc(-c2ccccc2)nc1-c1nccnc1N. The maximum absolute atomic E-state index is 5.81. The van der Waals surface area contributed by atoms with E-state index in [0.29, 0.717) is 23.2 Å². The van der Waals surface area contributed by atoms with Crippen LogP contribution in [0.4, 0.5) is 5.82 Å². The largest absolute Gasteiger partial charge is 0.382 e. The first-order chi connectivity index (χ1) is 9.25. The Balaban J connectivity index is 2.11. The van der Waals surface area contributed by atoms with E-state index in [-0.39, 0.29) is 0 Å². The molecule has 0 aliphatic heterocycles. The molecule has 0 saturated carbocycles. The summed E-state index contributed by atoms with van der Waals surface area (Å²) in [5, 5.41) is 4.38. The van der Waals surface area contributed by atoms with Gasteiger partial charge in [-0.1, -0.05) is 30.3 Å². The van der Waals surface area contributed by atoms with Crippen molar-refractivity contribution in [1.82, 2.24) is 24.7 Å². The second-order valence-electron chi connectivity index (χ2n) is 4.04. The predicted octanol–water partition coefficient (Wildman–Crippen LogP) is 1.52. The van der Waals surface area contributed by atoms with Gasteiger partial charge in [-0.25, -0.2) is 19.6 Å². The lowest BCUT2D eigenvalue weighted by atomic mass is 10.2. The molecule has 0 atom stereocenters. The second-order valence-corrected chi connectivity index (χ2v) is 4.04. The summed E-state index contributed by atoms with van der Waals surface area (Å²) in [4.78, 5) is 12.7. The number of rotatable bonds is 2. The highest BCUT2D eigenvalue weighted by Crippen LogP contribution is 2.22. The number of anilines is 1. The van der Waals surface area contributed by atoms with E-state index in [1.54, 1.807) is 17.1 Å². The molecule has 6 heteroatoms. The molecule has 19 heavy (non-hydrogen) atoms. The van der Waals surface area contributed by atoms with Gasteiger partial charge in [0.2, 0.25) is 0 Å². The third-order valence-electron chi connectivity index (χ3n) is 2.73. The van der Waals surface area contributed by atoms with Crippen LogP contribution in [0, 0.1) is 0 Å². The summed E-state index contributed by atoms with van der Waals surface area (Å²) < 4.78 is 1.66. The second kappa shape index (κ2) is 4.49. The van der Waals surface area contributed by atoms with Crippen molar-refractivity contribution in [2.24, 2.45) is 7.05 Å². The van der Waals surface area contributed by atoms with Gasteiger partial charge in [0.25, 0.3) is 0 Å². The van der Waals surface area contributed by atoms with E-state index in [1.165, 1.54) is 0 Å². The van der Waals surface area contributed by atoms with Crippen molar-refractivity contribution < 1.29 is 0 Å². The number of nitrogen functional groups attached to an aromatic ring is 1. The highest BCUT2D eigenvalue weighted by Gasteiger charge is 2.14. The van der Waals surface area contributed by atoms with Gasteiger partial charge in [0.15, 0.2) is 17.5 Å². The normalized spacial score (nSPS) is 10.6. The standard InChI is InChI=1S/C13H12N6/c1-19-13(10-11(14)16-8-7-15-10)17-12(18-19)9-5-3-2-4-6-9/h2-8H,1H3,(H2,14,16). The third kappa shape index (κ3) is 2.03. The van der Waals surface area contributed by atoms with Gasteiger partial charge in [0, 0.05) is 25.0 Å². The summed E-state index contributed by atoms with van der Waals surface area (Å²) in [6, 6.07) is 9.76. The van der Waals surface area contributed by atoms with Gasteiger partial charge in [0.05, 0.1) is 0 Å². The van der Waals surface area contributed by atoms with Gasteiger partial charge >= 0.3 is 0 Å². The van der Waals surface area contributed by atoms with Crippen LogP contribution in [0.15, 0.2) is 42.7 Å². The van der Waals surface area contributed by atoms with Crippen molar-refractivity contribution in [3.8, 4) is 22.9 Å². The van der Waals surface area contributed by atoms with Gasteiger partial charge < -0.3 is 5.73 Å². The van der Waals surface area contributed by atoms with E-state index < -0.39 is 0 Å². The van der Waals surface area contributed by atoms with Crippen molar-refractivity contribution in [2.45, 2.75) is 0 Å². The van der Waals surface area contributed by atoms with E-state index >= 15 is 0 Å². The molecule has 2 N–H and O–H groups in total. The van der Waals surface area contributed by atoms with Crippen molar-refractivity contribution >= 4 is 5.82 Å². The van der Waals surface area contributed by atoms with Crippen molar-refractivity contribution in [3.63, 3.8) is 0 Å². The Kier molecular flexibility index (Phi) is 2.68. The van der Waals surface area contributed by atoms with Crippen LogP contribution in [0.25, 0.3) is 22.9 Å². The Bertz CT molecular complexity index is 704. The van der Waals surface area contributed by atoms with Gasteiger partial charge in [-0.05, 0) is 0 Å². The Morgan fingerprint density at radius 1 is 1.05 bits per heavy atom. The summed E-state index contributed by atoms with van der Waals surface area (Å²) >= 11 is 0. The minimum Gasteiger partial charge on any atom is -0.382 e. The van der Waals surface area contributed by atoms with E-state index in [4.69, 9.17) is 5.73 Å². The van der Waals surface area contributed by atoms with Crippen LogP contribution < -0.4 is 5.73 Å². The zero-order chi connectivity index (χ0) is 13.2.